The molecule has 0 N–H and O–H groups in total. The summed E-state index contributed by atoms with van der Waals surface area (Å²) in [5.74, 6) is 0.0852. The molecule has 192 valence electrons. The predicted octanol–water partition coefficient (Wildman–Crippen LogP) is 7.35. The molecule has 5 heteroatoms. The van der Waals surface area contributed by atoms with Crippen LogP contribution in [0.25, 0.3) is 12.2 Å². The van der Waals surface area contributed by atoms with Crippen LogP contribution in [0.2, 0.25) is 0 Å². The van der Waals surface area contributed by atoms with Crippen molar-refractivity contribution in [2.45, 2.75) is 19.3 Å². The van der Waals surface area contributed by atoms with Gasteiger partial charge >= 0.3 is 11.9 Å². The Morgan fingerprint density at radius 3 is 1.31 bits per heavy atom. The molecule has 0 bridgehead atoms. The highest BCUT2D eigenvalue weighted by atomic mass is 16.5. The highest BCUT2D eigenvalue weighted by Gasteiger charge is 2.20. The number of hydrogen-bond acceptors (Lipinski definition) is 5. The van der Waals surface area contributed by atoms with Crippen LogP contribution in [0.1, 0.15) is 51.1 Å². The first-order chi connectivity index (χ1) is 19.0. The number of ether oxygens (including phenoxy) is 2. The Balaban J connectivity index is 1.23. The van der Waals surface area contributed by atoms with E-state index in [0.29, 0.717) is 35.5 Å². The largest absolute Gasteiger partial charge is 0.423 e. The van der Waals surface area contributed by atoms with Gasteiger partial charge in [-0.25, -0.2) is 9.59 Å². The quantitative estimate of drug-likeness (QED) is 0.153. The van der Waals surface area contributed by atoms with Gasteiger partial charge in [-0.2, -0.15) is 0 Å². The minimum absolute atomic E-state index is 0.0282. The first kappa shape index (κ1) is 25.6. The van der Waals surface area contributed by atoms with Gasteiger partial charge in [0, 0.05) is 11.1 Å². The molecular formula is C34H26O5. The lowest BCUT2D eigenvalue weighted by Crippen LogP contribution is -2.12. The number of allylic oxidation sites excluding steroid dienone is 2. The average molecular weight is 515 g/mol. The van der Waals surface area contributed by atoms with Crippen molar-refractivity contribution in [1.29, 1.82) is 0 Å². The number of hydrogen-bond donors (Lipinski definition) is 0. The predicted molar refractivity (Wildman–Crippen MR) is 150 cm³/mol. The van der Waals surface area contributed by atoms with Crippen LogP contribution >= 0.6 is 0 Å². The minimum atomic E-state index is -0.415. The molecule has 0 aliphatic heterocycles. The highest BCUT2D eigenvalue weighted by molar-refractivity contribution is 6.14. The number of ketones is 1. The summed E-state index contributed by atoms with van der Waals surface area (Å²) in [6, 6.07) is 31.9. The number of rotatable bonds is 6. The van der Waals surface area contributed by atoms with Gasteiger partial charge < -0.3 is 9.47 Å². The second-order valence-electron chi connectivity index (χ2n) is 9.17. The van der Waals surface area contributed by atoms with Crippen molar-refractivity contribution in [1.82, 2.24) is 0 Å². The second kappa shape index (κ2) is 12.0. The van der Waals surface area contributed by atoms with Crippen molar-refractivity contribution >= 4 is 29.9 Å². The van der Waals surface area contributed by atoms with Gasteiger partial charge in [0.1, 0.15) is 11.5 Å². The fourth-order valence-electron chi connectivity index (χ4n) is 4.32. The van der Waals surface area contributed by atoms with Gasteiger partial charge in [-0.15, -0.1) is 0 Å². The first-order valence-electron chi connectivity index (χ1n) is 12.8. The van der Waals surface area contributed by atoms with Gasteiger partial charge in [0.25, 0.3) is 0 Å². The molecule has 1 aliphatic rings. The summed E-state index contributed by atoms with van der Waals surface area (Å²) < 4.78 is 10.9. The molecule has 0 heterocycles. The van der Waals surface area contributed by atoms with Gasteiger partial charge in [0.15, 0.2) is 5.78 Å². The number of Topliss-reactive ketones (excluding diaryl/α,β-unsaturated/α-hetero) is 1. The molecule has 1 saturated carbocycles. The zero-order valence-electron chi connectivity index (χ0n) is 21.2. The highest BCUT2D eigenvalue weighted by Crippen LogP contribution is 2.29. The van der Waals surface area contributed by atoms with Gasteiger partial charge in [0.2, 0.25) is 0 Å². The fourth-order valence-corrected chi connectivity index (χ4v) is 4.32. The maximum absolute atomic E-state index is 13.2. The molecule has 0 radical (unpaired) electrons. The molecule has 0 unspecified atom stereocenters. The maximum atomic E-state index is 13.2. The van der Waals surface area contributed by atoms with Crippen LogP contribution in [0.5, 0.6) is 11.5 Å². The van der Waals surface area contributed by atoms with Crippen LogP contribution in [0.3, 0.4) is 0 Å². The lowest BCUT2D eigenvalue weighted by atomic mass is 9.87. The first-order valence-corrected chi connectivity index (χ1v) is 12.8. The van der Waals surface area contributed by atoms with E-state index >= 15 is 0 Å². The van der Waals surface area contributed by atoms with E-state index in [9.17, 15) is 14.4 Å². The van der Waals surface area contributed by atoms with E-state index < -0.39 is 11.9 Å². The third-order valence-electron chi connectivity index (χ3n) is 6.36. The summed E-state index contributed by atoms with van der Waals surface area (Å²) >= 11 is 0. The summed E-state index contributed by atoms with van der Waals surface area (Å²) in [7, 11) is 0. The van der Waals surface area contributed by atoms with Crippen molar-refractivity contribution in [3.8, 4) is 11.5 Å². The molecule has 0 spiro atoms. The van der Waals surface area contributed by atoms with Crippen LogP contribution in [0.15, 0.2) is 120 Å². The van der Waals surface area contributed by atoms with Crippen molar-refractivity contribution in [3.05, 3.63) is 143 Å². The van der Waals surface area contributed by atoms with E-state index in [1.807, 2.05) is 48.6 Å². The molecular weight excluding hydrogens is 488 g/mol. The SMILES string of the molecule is O=C1/C(=C\c2ccc(OC(=O)c3ccccc3)cc2)CCC/C1=C\c1ccc(OC(=O)c2ccccc2)cc1. The molecule has 5 nitrogen and oxygen atoms in total. The Morgan fingerprint density at radius 2 is 0.923 bits per heavy atom. The topological polar surface area (TPSA) is 69.7 Å². The third-order valence-corrected chi connectivity index (χ3v) is 6.36. The minimum Gasteiger partial charge on any atom is -0.423 e. The summed E-state index contributed by atoms with van der Waals surface area (Å²) in [6.07, 6.45) is 6.07. The molecule has 4 aromatic rings. The number of carbonyl (C=O) groups excluding carboxylic acids is 3. The molecule has 5 rings (SSSR count). The van der Waals surface area contributed by atoms with Crippen LogP contribution < -0.4 is 9.47 Å². The van der Waals surface area contributed by atoms with Crippen molar-refractivity contribution in [2.75, 3.05) is 0 Å². The van der Waals surface area contributed by atoms with E-state index in [2.05, 4.69) is 0 Å². The van der Waals surface area contributed by atoms with E-state index in [1.54, 1.807) is 72.8 Å². The normalized spacial score (nSPS) is 15.2. The molecule has 0 saturated heterocycles. The van der Waals surface area contributed by atoms with Gasteiger partial charge in [-0.1, -0.05) is 60.7 Å². The van der Waals surface area contributed by atoms with E-state index in [4.69, 9.17) is 9.47 Å². The van der Waals surface area contributed by atoms with Crippen molar-refractivity contribution in [2.24, 2.45) is 0 Å². The Morgan fingerprint density at radius 1 is 0.538 bits per heavy atom. The average Bonchev–Trinajstić information content (AvgIpc) is 2.98. The van der Waals surface area contributed by atoms with Gasteiger partial charge in [0.05, 0.1) is 11.1 Å². The summed E-state index contributed by atoms with van der Waals surface area (Å²) in [6.45, 7) is 0. The van der Waals surface area contributed by atoms with E-state index in [-0.39, 0.29) is 5.78 Å². The standard InChI is InChI=1S/C34H26O5/c35-32-28(22-24-14-18-30(19-15-24)38-33(36)26-8-3-1-4-9-26)12-7-13-29(32)23-25-16-20-31(21-17-25)39-34(37)27-10-5-2-6-11-27/h1-6,8-11,14-23H,7,12-13H2/b28-22-,29-23+. The lowest BCUT2D eigenvalue weighted by Gasteiger charge is -2.16. The van der Waals surface area contributed by atoms with Crippen LogP contribution in [0.4, 0.5) is 0 Å². The van der Waals surface area contributed by atoms with Crippen molar-refractivity contribution < 1.29 is 23.9 Å². The Kier molecular flexibility index (Phi) is 7.89. The van der Waals surface area contributed by atoms with Crippen LogP contribution in [-0.4, -0.2) is 17.7 Å². The van der Waals surface area contributed by atoms with Crippen LogP contribution in [-0.2, 0) is 4.79 Å². The second-order valence-corrected chi connectivity index (χ2v) is 9.17. The van der Waals surface area contributed by atoms with Gasteiger partial charge in [-0.3, -0.25) is 4.79 Å². The number of carbonyl (C=O) groups is 3. The Bertz CT molecular complexity index is 1410. The monoisotopic (exact) mass is 514 g/mol. The molecule has 0 aromatic heterocycles. The molecule has 4 aromatic carbocycles. The number of benzene rings is 4. The summed E-state index contributed by atoms with van der Waals surface area (Å²) in [4.78, 5) is 37.7. The Labute approximate surface area is 227 Å². The molecule has 0 atom stereocenters. The maximum Gasteiger partial charge on any atom is 0.343 e. The van der Waals surface area contributed by atoms with Crippen molar-refractivity contribution in [3.63, 3.8) is 0 Å². The summed E-state index contributed by atoms with van der Waals surface area (Å²) in [5.41, 5.74) is 4.19. The molecule has 39 heavy (non-hydrogen) atoms. The number of esters is 2. The molecule has 1 aliphatic carbocycles. The zero-order valence-corrected chi connectivity index (χ0v) is 21.2. The van der Waals surface area contributed by atoms with Crippen LogP contribution in [0, 0.1) is 0 Å². The van der Waals surface area contributed by atoms with Gasteiger partial charge in [-0.05, 0) is 91.1 Å². The smallest absolute Gasteiger partial charge is 0.343 e. The summed E-state index contributed by atoms with van der Waals surface area (Å²) in [5, 5.41) is 0. The molecule has 1 fully saturated rings. The lowest BCUT2D eigenvalue weighted by molar-refractivity contribution is -0.112. The zero-order chi connectivity index (χ0) is 27.0. The fraction of sp³-hybridized carbons (Fsp3) is 0.0882. The third kappa shape index (κ3) is 6.65. The molecule has 0 amide bonds. The van der Waals surface area contributed by atoms with E-state index in [1.165, 1.54) is 0 Å². The Hall–Kier alpha value is -5.03. The van der Waals surface area contributed by atoms with E-state index in [0.717, 1.165) is 28.7 Å².